The molecule has 1 atom stereocenters. The van der Waals surface area contributed by atoms with Crippen molar-refractivity contribution in [3.8, 4) is 0 Å². The van der Waals surface area contributed by atoms with E-state index in [1.165, 1.54) is 0 Å². The van der Waals surface area contributed by atoms with Crippen LogP contribution in [-0.2, 0) is 9.84 Å². The average Bonchev–Trinajstić information content (AvgIpc) is 2.28. The molecule has 3 nitrogen and oxygen atoms in total. The number of sulfone groups is 1. The first kappa shape index (κ1) is 14.9. The molecule has 0 heterocycles. The third kappa shape index (κ3) is 3.67. The van der Waals surface area contributed by atoms with Crippen molar-refractivity contribution >= 4 is 15.6 Å². The lowest BCUT2D eigenvalue weighted by Crippen LogP contribution is -2.33. The summed E-state index contributed by atoms with van der Waals surface area (Å²) in [4.78, 5) is 12.2. The van der Waals surface area contributed by atoms with Gasteiger partial charge in [-0.2, -0.15) is 0 Å². The molecule has 1 unspecified atom stereocenters. The first-order valence-electron chi connectivity index (χ1n) is 6.19. The summed E-state index contributed by atoms with van der Waals surface area (Å²) in [6, 6.07) is 8.62. The SMILES string of the molecule is CCC(C(=O)c1ccccc1)S(=O)(=O)CC(C)C. The van der Waals surface area contributed by atoms with Gasteiger partial charge < -0.3 is 0 Å². The van der Waals surface area contributed by atoms with Crippen LogP contribution in [0.2, 0.25) is 0 Å². The third-order valence-corrected chi connectivity index (χ3v) is 5.27. The number of Topliss-reactive ketones (excluding diaryl/α,β-unsaturated/α-hetero) is 1. The van der Waals surface area contributed by atoms with Gasteiger partial charge in [-0.05, 0) is 12.3 Å². The van der Waals surface area contributed by atoms with Gasteiger partial charge in [-0.25, -0.2) is 8.42 Å². The highest BCUT2D eigenvalue weighted by molar-refractivity contribution is 7.92. The van der Waals surface area contributed by atoms with Gasteiger partial charge in [0, 0.05) is 5.56 Å². The van der Waals surface area contributed by atoms with Crippen LogP contribution in [0.25, 0.3) is 0 Å². The Kier molecular flexibility index (Phi) is 5.08. The van der Waals surface area contributed by atoms with E-state index in [0.29, 0.717) is 12.0 Å². The first-order valence-corrected chi connectivity index (χ1v) is 7.90. The van der Waals surface area contributed by atoms with E-state index < -0.39 is 15.1 Å². The highest BCUT2D eigenvalue weighted by atomic mass is 32.2. The fraction of sp³-hybridized carbons (Fsp3) is 0.500. The molecule has 0 spiro atoms. The van der Waals surface area contributed by atoms with Crippen LogP contribution in [0.3, 0.4) is 0 Å². The Hall–Kier alpha value is -1.16. The topological polar surface area (TPSA) is 51.2 Å². The molecule has 0 saturated carbocycles. The van der Waals surface area contributed by atoms with Gasteiger partial charge >= 0.3 is 0 Å². The molecule has 18 heavy (non-hydrogen) atoms. The van der Waals surface area contributed by atoms with Crippen LogP contribution in [0.1, 0.15) is 37.6 Å². The zero-order valence-corrected chi connectivity index (χ0v) is 11.9. The molecule has 0 aliphatic rings. The summed E-state index contributed by atoms with van der Waals surface area (Å²) in [7, 11) is -3.37. The van der Waals surface area contributed by atoms with Crippen molar-refractivity contribution in [2.75, 3.05) is 5.75 Å². The van der Waals surface area contributed by atoms with Gasteiger partial charge in [0.2, 0.25) is 0 Å². The molecule has 0 fully saturated rings. The Labute approximate surface area is 109 Å². The summed E-state index contributed by atoms with van der Waals surface area (Å²) < 4.78 is 24.3. The molecule has 0 aliphatic carbocycles. The molecule has 0 aromatic heterocycles. The minimum absolute atomic E-state index is 0.0348. The molecule has 0 amide bonds. The maximum Gasteiger partial charge on any atom is 0.180 e. The Bertz CT molecular complexity index is 489. The average molecular weight is 268 g/mol. The second-order valence-corrected chi connectivity index (χ2v) is 7.08. The lowest BCUT2D eigenvalue weighted by molar-refractivity contribution is 0.0985. The van der Waals surface area contributed by atoms with Gasteiger partial charge in [0.1, 0.15) is 5.25 Å². The molecule has 0 N–H and O–H groups in total. The predicted octanol–water partition coefficient (Wildman–Crippen LogP) is 2.72. The van der Waals surface area contributed by atoms with E-state index in [0.717, 1.165) is 0 Å². The highest BCUT2D eigenvalue weighted by Gasteiger charge is 2.31. The highest BCUT2D eigenvalue weighted by Crippen LogP contribution is 2.16. The number of rotatable bonds is 6. The molecular formula is C14H20O3S. The third-order valence-electron chi connectivity index (χ3n) is 2.72. The predicted molar refractivity (Wildman–Crippen MR) is 73.5 cm³/mol. The lowest BCUT2D eigenvalue weighted by Gasteiger charge is -2.16. The second kappa shape index (κ2) is 6.14. The summed E-state index contributed by atoms with van der Waals surface area (Å²) in [5.74, 6) is -0.198. The number of benzene rings is 1. The first-order chi connectivity index (χ1) is 8.38. The van der Waals surface area contributed by atoms with E-state index in [4.69, 9.17) is 0 Å². The summed E-state index contributed by atoms with van der Waals surface area (Å²) in [6.45, 7) is 5.43. The fourth-order valence-electron chi connectivity index (χ4n) is 1.97. The van der Waals surface area contributed by atoms with Gasteiger partial charge in [-0.1, -0.05) is 51.1 Å². The van der Waals surface area contributed by atoms with Crippen LogP contribution in [0.15, 0.2) is 30.3 Å². The molecule has 0 aliphatic heterocycles. The standard InChI is InChI=1S/C14H20O3S/c1-4-13(18(16,17)10-11(2)3)14(15)12-8-6-5-7-9-12/h5-9,11,13H,4,10H2,1-3H3. The summed E-state index contributed by atoms with van der Waals surface area (Å²) in [5, 5.41) is -0.915. The Morgan fingerprint density at radius 3 is 2.17 bits per heavy atom. The second-order valence-electron chi connectivity index (χ2n) is 4.85. The van der Waals surface area contributed by atoms with E-state index in [-0.39, 0.29) is 17.5 Å². The molecule has 0 saturated heterocycles. The van der Waals surface area contributed by atoms with E-state index in [9.17, 15) is 13.2 Å². The van der Waals surface area contributed by atoms with E-state index in [1.54, 1.807) is 37.3 Å². The minimum atomic E-state index is -3.37. The molecule has 100 valence electrons. The van der Waals surface area contributed by atoms with E-state index in [1.807, 2.05) is 13.8 Å². The van der Waals surface area contributed by atoms with Crippen molar-refractivity contribution < 1.29 is 13.2 Å². The maximum atomic E-state index is 12.2. The normalized spacial score (nSPS) is 13.6. The Balaban J connectivity index is 3.01. The van der Waals surface area contributed by atoms with Crippen LogP contribution < -0.4 is 0 Å². The molecule has 0 bridgehead atoms. The minimum Gasteiger partial charge on any atom is -0.293 e. The van der Waals surface area contributed by atoms with Gasteiger partial charge in [-0.3, -0.25) is 4.79 Å². The van der Waals surface area contributed by atoms with Crippen LogP contribution in [0, 0.1) is 5.92 Å². The van der Waals surface area contributed by atoms with Gasteiger partial charge in [0.15, 0.2) is 15.6 Å². The van der Waals surface area contributed by atoms with Crippen LogP contribution in [0.5, 0.6) is 0 Å². The molecule has 1 aromatic carbocycles. The fourth-order valence-corrected chi connectivity index (χ4v) is 4.10. The van der Waals surface area contributed by atoms with Crippen molar-refractivity contribution in [2.45, 2.75) is 32.4 Å². The maximum absolute atomic E-state index is 12.2. The van der Waals surface area contributed by atoms with Crippen molar-refractivity contribution in [2.24, 2.45) is 5.92 Å². The zero-order chi connectivity index (χ0) is 13.8. The summed E-state index contributed by atoms with van der Waals surface area (Å²) in [6.07, 6.45) is 0.322. The van der Waals surface area contributed by atoms with Crippen molar-refractivity contribution in [3.05, 3.63) is 35.9 Å². The van der Waals surface area contributed by atoms with Crippen molar-refractivity contribution in [1.29, 1.82) is 0 Å². The largest absolute Gasteiger partial charge is 0.293 e. The Morgan fingerprint density at radius 2 is 1.72 bits per heavy atom. The number of carbonyl (C=O) groups excluding carboxylic acids is 1. The lowest BCUT2D eigenvalue weighted by atomic mass is 10.1. The van der Waals surface area contributed by atoms with Crippen molar-refractivity contribution in [3.63, 3.8) is 0 Å². The van der Waals surface area contributed by atoms with E-state index in [2.05, 4.69) is 0 Å². The number of ketones is 1. The van der Waals surface area contributed by atoms with Crippen LogP contribution >= 0.6 is 0 Å². The van der Waals surface area contributed by atoms with Gasteiger partial charge in [0.05, 0.1) is 5.75 Å². The monoisotopic (exact) mass is 268 g/mol. The molecule has 0 radical (unpaired) electrons. The van der Waals surface area contributed by atoms with Gasteiger partial charge in [-0.15, -0.1) is 0 Å². The van der Waals surface area contributed by atoms with Crippen LogP contribution in [-0.4, -0.2) is 25.2 Å². The number of hydrogen-bond acceptors (Lipinski definition) is 3. The number of carbonyl (C=O) groups is 1. The Morgan fingerprint density at radius 1 is 1.17 bits per heavy atom. The smallest absolute Gasteiger partial charge is 0.180 e. The van der Waals surface area contributed by atoms with Gasteiger partial charge in [0.25, 0.3) is 0 Å². The molecule has 1 rings (SSSR count). The van der Waals surface area contributed by atoms with Crippen LogP contribution in [0.4, 0.5) is 0 Å². The summed E-state index contributed by atoms with van der Waals surface area (Å²) >= 11 is 0. The van der Waals surface area contributed by atoms with Crippen molar-refractivity contribution in [1.82, 2.24) is 0 Å². The zero-order valence-electron chi connectivity index (χ0n) is 11.1. The molecule has 1 aromatic rings. The molecule has 4 heteroatoms. The summed E-state index contributed by atoms with van der Waals surface area (Å²) in [5.41, 5.74) is 0.469. The quantitative estimate of drug-likeness (QED) is 0.745. The van der Waals surface area contributed by atoms with E-state index >= 15 is 0 Å². The number of hydrogen-bond donors (Lipinski definition) is 0. The molecular weight excluding hydrogens is 248 g/mol.